The van der Waals surface area contributed by atoms with E-state index in [-0.39, 0.29) is 13.0 Å². The van der Waals surface area contributed by atoms with Crippen LogP contribution in [0, 0.1) is 6.92 Å². The molecule has 1 amide bonds. The van der Waals surface area contributed by atoms with Crippen molar-refractivity contribution in [2.45, 2.75) is 19.5 Å². The minimum absolute atomic E-state index is 0.180. The number of rotatable bonds is 6. The normalized spacial score (nSPS) is 11.3. The molecule has 128 valence electrons. The Bertz CT molecular complexity index is 708. The molecule has 0 unspecified atom stereocenters. The molecule has 0 radical (unpaired) electrons. The zero-order valence-corrected chi connectivity index (χ0v) is 13.1. The maximum Gasteiger partial charge on any atom is 0.406 e. The van der Waals surface area contributed by atoms with Gasteiger partial charge < -0.3 is 9.32 Å². The number of alkyl halides is 3. The van der Waals surface area contributed by atoms with Gasteiger partial charge in [0.1, 0.15) is 12.3 Å². The van der Waals surface area contributed by atoms with E-state index in [2.05, 4.69) is 11.6 Å². The number of aromatic nitrogens is 1. The van der Waals surface area contributed by atoms with Crippen LogP contribution in [0.5, 0.6) is 0 Å². The van der Waals surface area contributed by atoms with E-state index in [1.807, 2.05) is 18.2 Å². The van der Waals surface area contributed by atoms with Crippen LogP contribution in [0.3, 0.4) is 0 Å². The quantitative estimate of drug-likeness (QED) is 0.753. The third-order valence-corrected chi connectivity index (χ3v) is 3.30. The largest absolute Gasteiger partial charge is 0.441 e. The van der Waals surface area contributed by atoms with Crippen molar-refractivity contribution in [3.05, 3.63) is 54.4 Å². The van der Waals surface area contributed by atoms with Gasteiger partial charge >= 0.3 is 6.18 Å². The SMILES string of the molecule is C=CCN(CC(F)(F)F)C(=O)Cc1nc(-c2ccccc2)oc1C. The third-order valence-electron chi connectivity index (χ3n) is 3.30. The fourth-order valence-electron chi connectivity index (χ4n) is 2.18. The van der Waals surface area contributed by atoms with Crippen molar-refractivity contribution in [1.82, 2.24) is 9.88 Å². The van der Waals surface area contributed by atoms with Crippen LogP contribution in [0.4, 0.5) is 13.2 Å². The number of halogens is 3. The summed E-state index contributed by atoms with van der Waals surface area (Å²) in [4.78, 5) is 17.1. The molecular weight excluding hydrogens is 321 g/mol. The van der Waals surface area contributed by atoms with E-state index in [1.165, 1.54) is 6.08 Å². The number of hydrogen-bond acceptors (Lipinski definition) is 3. The zero-order chi connectivity index (χ0) is 17.7. The summed E-state index contributed by atoms with van der Waals surface area (Å²) in [5.41, 5.74) is 1.06. The maximum atomic E-state index is 12.6. The van der Waals surface area contributed by atoms with Gasteiger partial charge in [0.25, 0.3) is 0 Å². The molecule has 0 saturated heterocycles. The highest BCUT2D eigenvalue weighted by atomic mass is 19.4. The topological polar surface area (TPSA) is 46.3 Å². The van der Waals surface area contributed by atoms with Crippen molar-refractivity contribution in [2.24, 2.45) is 0 Å². The summed E-state index contributed by atoms with van der Waals surface area (Å²) in [5.74, 6) is 0.0676. The lowest BCUT2D eigenvalue weighted by Gasteiger charge is -2.22. The number of carbonyl (C=O) groups is 1. The average Bonchev–Trinajstić information content (AvgIpc) is 2.87. The fourth-order valence-corrected chi connectivity index (χ4v) is 2.18. The molecule has 1 heterocycles. The predicted octanol–water partition coefficient (Wildman–Crippen LogP) is 3.77. The number of benzene rings is 1. The number of aryl methyl sites for hydroxylation is 1. The molecule has 0 N–H and O–H groups in total. The van der Waals surface area contributed by atoms with Gasteiger partial charge in [-0.1, -0.05) is 24.3 Å². The van der Waals surface area contributed by atoms with Gasteiger partial charge in [-0.3, -0.25) is 4.79 Å². The summed E-state index contributed by atoms with van der Waals surface area (Å²) >= 11 is 0. The zero-order valence-electron chi connectivity index (χ0n) is 13.1. The van der Waals surface area contributed by atoms with Crippen LogP contribution in [-0.4, -0.2) is 35.1 Å². The standard InChI is InChI=1S/C17H17F3N2O2/c1-3-9-22(11-17(18,19)20)15(23)10-14-12(2)24-16(21-14)13-7-5-4-6-8-13/h3-8H,1,9-11H2,2H3. The molecule has 0 spiro atoms. The maximum absolute atomic E-state index is 12.6. The molecule has 0 aliphatic carbocycles. The number of nitrogens with zero attached hydrogens (tertiary/aromatic N) is 2. The summed E-state index contributed by atoms with van der Waals surface area (Å²) < 4.78 is 43.2. The number of hydrogen-bond donors (Lipinski definition) is 0. The number of amides is 1. The van der Waals surface area contributed by atoms with Crippen molar-refractivity contribution in [1.29, 1.82) is 0 Å². The first-order valence-corrected chi connectivity index (χ1v) is 7.27. The molecule has 0 aliphatic rings. The van der Waals surface area contributed by atoms with Gasteiger partial charge in [0.2, 0.25) is 11.8 Å². The Labute approximate surface area is 137 Å². The molecule has 0 saturated carbocycles. The van der Waals surface area contributed by atoms with E-state index in [1.54, 1.807) is 19.1 Å². The van der Waals surface area contributed by atoms with Gasteiger partial charge in [0.15, 0.2) is 0 Å². The van der Waals surface area contributed by atoms with E-state index in [4.69, 9.17) is 4.42 Å². The molecular formula is C17H17F3N2O2. The Kier molecular flexibility index (Phi) is 5.43. The van der Waals surface area contributed by atoms with E-state index in [0.717, 1.165) is 5.56 Å². The molecule has 0 fully saturated rings. The van der Waals surface area contributed by atoms with Crippen LogP contribution < -0.4 is 0 Å². The molecule has 0 bridgehead atoms. The Balaban J connectivity index is 2.16. The van der Waals surface area contributed by atoms with Gasteiger partial charge in [-0.05, 0) is 19.1 Å². The van der Waals surface area contributed by atoms with E-state index in [9.17, 15) is 18.0 Å². The average molecular weight is 338 g/mol. The Morgan fingerprint density at radius 1 is 1.33 bits per heavy atom. The first-order chi connectivity index (χ1) is 11.3. The highest BCUT2D eigenvalue weighted by Crippen LogP contribution is 2.22. The predicted molar refractivity (Wildman–Crippen MR) is 83.2 cm³/mol. The fraction of sp³-hybridized carbons (Fsp3) is 0.294. The lowest BCUT2D eigenvalue weighted by Crippen LogP contribution is -2.40. The highest BCUT2D eigenvalue weighted by molar-refractivity contribution is 5.79. The number of carbonyl (C=O) groups excluding carboxylic acids is 1. The van der Waals surface area contributed by atoms with Gasteiger partial charge in [0.05, 0.1) is 12.1 Å². The Morgan fingerprint density at radius 3 is 2.58 bits per heavy atom. The molecule has 0 atom stereocenters. The van der Waals surface area contributed by atoms with Gasteiger partial charge in [-0.25, -0.2) is 4.98 Å². The molecule has 7 heteroatoms. The Hall–Kier alpha value is -2.57. The molecule has 24 heavy (non-hydrogen) atoms. The second-order valence-corrected chi connectivity index (χ2v) is 5.24. The van der Waals surface area contributed by atoms with E-state index >= 15 is 0 Å². The van der Waals surface area contributed by atoms with Crippen molar-refractivity contribution in [3.63, 3.8) is 0 Å². The molecule has 1 aromatic heterocycles. The second kappa shape index (κ2) is 7.33. The van der Waals surface area contributed by atoms with Crippen molar-refractivity contribution in [3.8, 4) is 11.5 Å². The van der Waals surface area contributed by atoms with Crippen LogP contribution >= 0.6 is 0 Å². The second-order valence-electron chi connectivity index (χ2n) is 5.24. The molecule has 1 aromatic carbocycles. The summed E-state index contributed by atoms with van der Waals surface area (Å²) in [6.07, 6.45) is -3.46. The molecule has 2 rings (SSSR count). The lowest BCUT2D eigenvalue weighted by atomic mass is 10.2. The summed E-state index contributed by atoms with van der Waals surface area (Å²) in [5, 5.41) is 0. The number of oxazole rings is 1. The van der Waals surface area contributed by atoms with Gasteiger partial charge in [0, 0.05) is 12.1 Å². The van der Waals surface area contributed by atoms with Gasteiger partial charge in [-0.2, -0.15) is 13.2 Å². The third kappa shape index (κ3) is 4.71. The van der Waals surface area contributed by atoms with Crippen molar-refractivity contribution >= 4 is 5.91 Å². The molecule has 4 nitrogen and oxygen atoms in total. The van der Waals surface area contributed by atoms with Crippen molar-refractivity contribution < 1.29 is 22.4 Å². The van der Waals surface area contributed by atoms with Crippen molar-refractivity contribution in [2.75, 3.05) is 13.1 Å². The van der Waals surface area contributed by atoms with Gasteiger partial charge in [-0.15, -0.1) is 6.58 Å². The van der Waals surface area contributed by atoms with Crippen LogP contribution in [0.15, 0.2) is 47.4 Å². The van der Waals surface area contributed by atoms with Crippen LogP contribution in [0.25, 0.3) is 11.5 Å². The highest BCUT2D eigenvalue weighted by Gasteiger charge is 2.32. The van der Waals surface area contributed by atoms with Crippen LogP contribution in [0.2, 0.25) is 0 Å². The van der Waals surface area contributed by atoms with E-state index < -0.39 is 18.6 Å². The summed E-state index contributed by atoms with van der Waals surface area (Å²) in [6.45, 7) is 3.52. The smallest absolute Gasteiger partial charge is 0.406 e. The first kappa shape index (κ1) is 17.8. The summed E-state index contributed by atoms with van der Waals surface area (Å²) in [7, 11) is 0. The lowest BCUT2D eigenvalue weighted by molar-refractivity contribution is -0.159. The molecule has 2 aromatic rings. The van der Waals surface area contributed by atoms with Crippen LogP contribution in [-0.2, 0) is 11.2 Å². The minimum atomic E-state index is -4.47. The molecule has 0 aliphatic heterocycles. The Morgan fingerprint density at radius 2 is 2.00 bits per heavy atom. The first-order valence-electron chi connectivity index (χ1n) is 7.27. The van der Waals surface area contributed by atoms with E-state index in [0.29, 0.717) is 22.2 Å². The van der Waals surface area contributed by atoms with Crippen LogP contribution in [0.1, 0.15) is 11.5 Å². The minimum Gasteiger partial charge on any atom is -0.441 e. The summed E-state index contributed by atoms with van der Waals surface area (Å²) in [6, 6.07) is 9.06. The monoisotopic (exact) mass is 338 g/mol.